The smallest absolute Gasteiger partial charge is 0.323 e. The van der Waals surface area contributed by atoms with Crippen LogP contribution in [0.1, 0.15) is 20.8 Å². The van der Waals surface area contributed by atoms with Crippen molar-refractivity contribution in [3.05, 3.63) is 0 Å². The molecule has 0 saturated carbocycles. The molecular weight excluding hydrogens is 234 g/mol. The van der Waals surface area contributed by atoms with Gasteiger partial charge in [0.1, 0.15) is 0 Å². The minimum Gasteiger partial charge on any atom is -0.464 e. The van der Waals surface area contributed by atoms with E-state index in [0.29, 0.717) is 19.2 Å². The molecule has 0 aliphatic heterocycles. The first kappa shape index (κ1) is 14.4. The fraction of sp³-hybridized carbons (Fsp3) is 0.727. The van der Waals surface area contributed by atoms with E-state index in [4.69, 9.17) is 15.2 Å². The van der Waals surface area contributed by atoms with Gasteiger partial charge in [0.25, 0.3) is 0 Å². The maximum atomic E-state index is 5.66. The molecule has 0 amide bonds. The molecule has 0 saturated heterocycles. The summed E-state index contributed by atoms with van der Waals surface area (Å²) >= 11 is 0. The predicted molar refractivity (Wildman–Crippen MR) is 69.8 cm³/mol. The Morgan fingerprint density at radius 1 is 1.28 bits per heavy atom. The third-order valence-electron chi connectivity index (χ3n) is 2.43. The maximum absolute atomic E-state index is 5.66. The van der Waals surface area contributed by atoms with Crippen molar-refractivity contribution in [2.75, 3.05) is 37.5 Å². The molecule has 18 heavy (non-hydrogen) atoms. The fourth-order valence-corrected chi connectivity index (χ4v) is 1.66. The summed E-state index contributed by atoms with van der Waals surface area (Å²) in [4.78, 5) is 14.3. The van der Waals surface area contributed by atoms with Crippen molar-refractivity contribution in [1.29, 1.82) is 0 Å². The van der Waals surface area contributed by atoms with Gasteiger partial charge in [-0.05, 0) is 20.8 Å². The highest BCUT2D eigenvalue weighted by molar-refractivity contribution is 5.36. The van der Waals surface area contributed by atoms with Crippen molar-refractivity contribution in [2.45, 2.75) is 26.8 Å². The van der Waals surface area contributed by atoms with E-state index in [-0.39, 0.29) is 18.0 Å². The molecule has 0 aromatic carbocycles. The van der Waals surface area contributed by atoms with Crippen molar-refractivity contribution in [2.24, 2.45) is 0 Å². The van der Waals surface area contributed by atoms with Gasteiger partial charge in [-0.2, -0.15) is 15.0 Å². The lowest BCUT2D eigenvalue weighted by molar-refractivity contribution is 0.181. The molecule has 0 aliphatic carbocycles. The van der Waals surface area contributed by atoms with Crippen molar-refractivity contribution < 1.29 is 9.47 Å². The average molecular weight is 255 g/mol. The Labute approximate surface area is 107 Å². The van der Waals surface area contributed by atoms with Crippen LogP contribution >= 0.6 is 0 Å². The van der Waals surface area contributed by atoms with Crippen LogP contribution in [-0.4, -0.2) is 47.9 Å². The summed E-state index contributed by atoms with van der Waals surface area (Å²) in [6.07, 6.45) is 0. The van der Waals surface area contributed by atoms with Gasteiger partial charge in [-0.25, -0.2) is 0 Å². The third-order valence-corrected chi connectivity index (χ3v) is 2.43. The molecular formula is C11H21N5O2. The van der Waals surface area contributed by atoms with E-state index in [9.17, 15) is 0 Å². The molecule has 2 N–H and O–H groups in total. The zero-order chi connectivity index (χ0) is 13.5. The molecule has 1 unspecified atom stereocenters. The number of methoxy groups -OCH3 is 1. The number of hydrogen-bond donors (Lipinski definition) is 1. The Morgan fingerprint density at radius 2 is 2.00 bits per heavy atom. The Balaban J connectivity index is 2.97. The maximum Gasteiger partial charge on any atom is 0.323 e. The van der Waals surface area contributed by atoms with Gasteiger partial charge in [-0.3, -0.25) is 0 Å². The van der Waals surface area contributed by atoms with Crippen LogP contribution in [0.2, 0.25) is 0 Å². The summed E-state index contributed by atoms with van der Waals surface area (Å²) < 4.78 is 10.4. The fourth-order valence-electron chi connectivity index (χ4n) is 1.66. The van der Waals surface area contributed by atoms with Gasteiger partial charge in [0, 0.05) is 13.7 Å². The Kier molecular flexibility index (Phi) is 5.57. The highest BCUT2D eigenvalue weighted by atomic mass is 16.5. The molecule has 1 atom stereocenters. The number of likely N-dealkylation sites (N-methyl/N-ethyl adjacent to an activating group) is 1. The average Bonchev–Trinajstić information content (AvgIpc) is 2.30. The molecule has 0 bridgehead atoms. The first-order valence-electron chi connectivity index (χ1n) is 6.02. The summed E-state index contributed by atoms with van der Waals surface area (Å²) in [6, 6.07) is 0.402. The quantitative estimate of drug-likeness (QED) is 0.768. The molecule has 7 heteroatoms. The van der Waals surface area contributed by atoms with Gasteiger partial charge in [0.2, 0.25) is 11.9 Å². The Morgan fingerprint density at radius 3 is 2.56 bits per heavy atom. The van der Waals surface area contributed by atoms with E-state index < -0.39 is 0 Å². The Bertz CT molecular complexity index is 374. The lowest BCUT2D eigenvalue weighted by Gasteiger charge is -2.27. The first-order chi connectivity index (χ1) is 8.62. The van der Waals surface area contributed by atoms with E-state index in [1.54, 1.807) is 7.11 Å². The second-order valence-corrected chi connectivity index (χ2v) is 3.80. The van der Waals surface area contributed by atoms with Crippen LogP contribution in [0.25, 0.3) is 0 Å². The number of hydrogen-bond acceptors (Lipinski definition) is 7. The largest absolute Gasteiger partial charge is 0.464 e. The number of nitrogens with zero attached hydrogens (tertiary/aromatic N) is 4. The van der Waals surface area contributed by atoms with Crippen LogP contribution < -0.4 is 15.4 Å². The molecule has 1 rings (SSSR count). The highest BCUT2D eigenvalue weighted by Crippen LogP contribution is 2.15. The van der Waals surface area contributed by atoms with Crippen LogP contribution in [0.15, 0.2) is 0 Å². The Hall–Kier alpha value is -1.63. The van der Waals surface area contributed by atoms with E-state index >= 15 is 0 Å². The van der Waals surface area contributed by atoms with Crippen LogP contribution in [0.4, 0.5) is 11.9 Å². The lowest BCUT2D eigenvalue weighted by atomic mass is 10.3. The zero-order valence-corrected chi connectivity index (χ0v) is 11.4. The molecule has 1 aromatic rings. The van der Waals surface area contributed by atoms with Crippen LogP contribution in [0.5, 0.6) is 6.01 Å². The lowest BCUT2D eigenvalue weighted by Crippen LogP contribution is -2.37. The number of aromatic nitrogens is 3. The summed E-state index contributed by atoms with van der Waals surface area (Å²) in [5.74, 6) is 0.671. The SMILES string of the molecule is CCOc1nc(N)nc(N(CC)C(C)COC)n1. The van der Waals surface area contributed by atoms with E-state index in [1.807, 2.05) is 25.7 Å². The minimum absolute atomic E-state index is 0.149. The monoisotopic (exact) mass is 255 g/mol. The second kappa shape index (κ2) is 6.95. The van der Waals surface area contributed by atoms with E-state index in [0.717, 1.165) is 6.54 Å². The zero-order valence-electron chi connectivity index (χ0n) is 11.4. The van der Waals surface area contributed by atoms with Crippen LogP contribution in [0.3, 0.4) is 0 Å². The summed E-state index contributed by atoms with van der Waals surface area (Å²) in [5.41, 5.74) is 5.66. The van der Waals surface area contributed by atoms with Crippen molar-refractivity contribution in [3.8, 4) is 6.01 Å². The molecule has 102 valence electrons. The number of anilines is 2. The van der Waals surface area contributed by atoms with Crippen LogP contribution in [-0.2, 0) is 4.74 Å². The van der Waals surface area contributed by atoms with Crippen LogP contribution in [0, 0.1) is 0 Å². The highest BCUT2D eigenvalue weighted by Gasteiger charge is 2.17. The molecule has 0 aliphatic rings. The molecule has 1 aromatic heterocycles. The minimum atomic E-state index is 0.149. The number of nitrogen functional groups attached to an aromatic ring is 1. The topological polar surface area (TPSA) is 86.4 Å². The van der Waals surface area contributed by atoms with Gasteiger partial charge in [-0.15, -0.1) is 0 Å². The molecule has 1 heterocycles. The van der Waals surface area contributed by atoms with Gasteiger partial charge in [-0.1, -0.05) is 0 Å². The first-order valence-corrected chi connectivity index (χ1v) is 6.02. The molecule has 0 fully saturated rings. The molecule has 0 radical (unpaired) electrons. The van der Waals surface area contributed by atoms with E-state index in [2.05, 4.69) is 15.0 Å². The number of rotatable bonds is 7. The van der Waals surface area contributed by atoms with Crippen molar-refractivity contribution in [1.82, 2.24) is 15.0 Å². The van der Waals surface area contributed by atoms with Gasteiger partial charge in [0.15, 0.2) is 0 Å². The number of ether oxygens (including phenoxy) is 2. The summed E-state index contributed by atoms with van der Waals surface area (Å²) in [6.45, 7) is 7.75. The number of nitrogens with two attached hydrogens (primary N) is 1. The van der Waals surface area contributed by atoms with Crippen molar-refractivity contribution in [3.63, 3.8) is 0 Å². The molecule has 7 nitrogen and oxygen atoms in total. The third kappa shape index (κ3) is 3.69. The van der Waals surface area contributed by atoms with Gasteiger partial charge < -0.3 is 20.1 Å². The molecule has 0 spiro atoms. The summed E-state index contributed by atoms with van der Waals surface area (Å²) in [7, 11) is 1.66. The normalized spacial score (nSPS) is 12.2. The predicted octanol–water partition coefficient (Wildman–Crippen LogP) is 0.714. The van der Waals surface area contributed by atoms with Crippen molar-refractivity contribution >= 4 is 11.9 Å². The summed E-state index contributed by atoms with van der Waals surface area (Å²) in [5, 5.41) is 0. The van der Waals surface area contributed by atoms with Gasteiger partial charge in [0.05, 0.1) is 19.3 Å². The van der Waals surface area contributed by atoms with E-state index in [1.165, 1.54) is 0 Å². The standard InChI is InChI=1S/C11H21N5O2/c1-5-16(8(3)7-17-4)10-13-9(12)14-11(15-10)18-6-2/h8H,5-7H2,1-4H3,(H2,12,13,14,15). The van der Waals surface area contributed by atoms with Gasteiger partial charge >= 0.3 is 6.01 Å². The second-order valence-electron chi connectivity index (χ2n) is 3.80.